The maximum absolute atomic E-state index is 13.5. The largest absolute Gasteiger partial charge is 0.456 e. The third-order valence-electron chi connectivity index (χ3n) is 8.06. The third kappa shape index (κ3) is 6.45. The summed E-state index contributed by atoms with van der Waals surface area (Å²) >= 11 is 0. The fourth-order valence-electron chi connectivity index (χ4n) is 5.89. The Kier molecular flexibility index (Phi) is 8.49. The van der Waals surface area contributed by atoms with Gasteiger partial charge in [0.25, 0.3) is 5.91 Å². The Morgan fingerprint density at radius 1 is 1.12 bits per heavy atom. The molecule has 3 aliphatic rings. The minimum Gasteiger partial charge on any atom is -0.456 e. The minimum absolute atomic E-state index is 0.171. The number of aryl methyl sites for hydroxylation is 2. The minimum atomic E-state index is -0.395. The number of pyridine rings is 2. The van der Waals surface area contributed by atoms with Crippen molar-refractivity contribution in [3.05, 3.63) is 76.7 Å². The van der Waals surface area contributed by atoms with E-state index in [0.29, 0.717) is 48.1 Å². The maximum Gasteiger partial charge on any atom is 0.256 e. The van der Waals surface area contributed by atoms with E-state index in [4.69, 9.17) is 19.2 Å². The second kappa shape index (κ2) is 12.8. The number of methoxy groups -OCH3 is 1. The van der Waals surface area contributed by atoms with Gasteiger partial charge in [0.2, 0.25) is 5.91 Å². The van der Waals surface area contributed by atoms with E-state index in [-0.39, 0.29) is 37.6 Å². The van der Waals surface area contributed by atoms with E-state index in [1.165, 1.54) is 17.3 Å². The van der Waals surface area contributed by atoms with E-state index >= 15 is 0 Å². The third-order valence-corrected chi connectivity index (χ3v) is 8.06. The van der Waals surface area contributed by atoms with E-state index in [9.17, 15) is 14.9 Å². The number of anilines is 1. The Bertz CT molecular complexity index is 1560. The van der Waals surface area contributed by atoms with Crippen molar-refractivity contribution < 1.29 is 23.8 Å². The van der Waals surface area contributed by atoms with Crippen LogP contribution in [0.15, 0.2) is 48.8 Å². The average molecular weight is 583 g/mol. The van der Waals surface area contributed by atoms with Gasteiger partial charge in [0, 0.05) is 38.6 Å². The van der Waals surface area contributed by atoms with Crippen LogP contribution >= 0.6 is 0 Å². The first-order valence-electron chi connectivity index (χ1n) is 14.6. The summed E-state index contributed by atoms with van der Waals surface area (Å²) in [5.74, 6) is 0.940. The van der Waals surface area contributed by atoms with Gasteiger partial charge in [-0.1, -0.05) is 12.1 Å². The lowest BCUT2D eigenvalue weighted by Crippen LogP contribution is -2.49. The average Bonchev–Trinajstić information content (AvgIpc) is 3.42. The molecule has 0 spiro atoms. The van der Waals surface area contributed by atoms with Gasteiger partial charge in [0.05, 0.1) is 49.2 Å². The van der Waals surface area contributed by atoms with Crippen LogP contribution in [0.3, 0.4) is 0 Å². The van der Waals surface area contributed by atoms with Crippen molar-refractivity contribution in [2.75, 3.05) is 44.8 Å². The Morgan fingerprint density at radius 3 is 2.86 bits per heavy atom. The topological polar surface area (TPSA) is 130 Å². The SMILES string of the molecule is COCCN1CC(=O)N[C@H]2CN(c3nc4c(cc3C#N)CCCC4)C[C@@H]2OCc2cccc(c2)Oc2cncc(c2)C1=O. The van der Waals surface area contributed by atoms with Crippen molar-refractivity contribution in [3.8, 4) is 17.6 Å². The van der Waals surface area contributed by atoms with Gasteiger partial charge in [-0.25, -0.2) is 4.98 Å². The number of nitrogens with one attached hydrogen (secondary N) is 1. The predicted octanol–water partition coefficient (Wildman–Crippen LogP) is 3.01. The van der Waals surface area contributed by atoms with Gasteiger partial charge in [0.1, 0.15) is 23.4 Å². The number of ether oxygens (including phenoxy) is 3. The Balaban J connectivity index is 1.31. The zero-order chi connectivity index (χ0) is 29.8. The zero-order valence-electron chi connectivity index (χ0n) is 24.1. The fourth-order valence-corrected chi connectivity index (χ4v) is 5.89. The Hall–Kier alpha value is -4.53. The number of carbonyl (C=O) groups is 2. The van der Waals surface area contributed by atoms with Crippen LogP contribution in [0.4, 0.5) is 5.82 Å². The summed E-state index contributed by atoms with van der Waals surface area (Å²) in [7, 11) is 1.55. The van der Waals surface area contributed by atoms with Crippen LogP contribution < -0.4 is 15.0 Å². The first-order valence-corrected chi connectivity index (χ1v) is 14.6. The highest BCUT2D eigenvalue weighted by molar-refractivity contribution is 5.96. The highest BCUT2D eigenvalue weighted by Gasteiger charge is 2.37. The molecule has 2 aliphatic heterocycles. The number of fused-ring (bicyclic) bond motifs is 6. The molecule has 4 heterocycles. The van der Waals surface area contributed by atoms with Crippen molar-refractivity contribution >= 4 is 17.6 Å². The molecule has 0 saturated carbocycles. The van der Waals surface area contributed by atoms with E-state index in [2.05, 4.69) is 16.4 Å². The van der Waals surface area contributed by atoms with Gasteiger partial charge in [-0.15, -0.1) is 0 Å². The molecule has 2 amide bonds. The first kappa shape index (κ1) is 28.6. The monoisotopic (exact) mass is 582 g/mol. The van der Waals surface area contributed by atoms with Crippen LogP contribution in [-0.2, 0) is 33.7 Å². The molecular formula is C32H34N6O5. The molecule has 1 N–H and O–H groups in total. The second-order valence-corrected chi connectivity index (χ2v) is 11.1. The lowest BCUT2D eigenvalue weighted by atomic mass is 9.95. The molecule has 1 aromatic carbocycles. The van der Waals surface area contributed by atoms with E-state index in [0.717, 1.165) is 42.5 Å². The maximum atomic E-state index is 13.5. The lowest BCUT2D eigenvalue weighted by Gasteiger charge is -2.25. The number of nitrogens with zero attached hydrogens (tertiary/aromatic N) is 5. The van der Waals surface area contributed by atoms with Gasteiger partial charge in [-0.2, -0.15) is 5.26 Å². The Labute approximate surface area is 250 Å². The van der Waals surface area contributed by atoms with Crippen molar-refractivity contribution in [1.29, 1.82) is 5.26 Å². The molecule has 222 valence electrons. The zero-order valence-corrected chi connectivity index (χ0v) is 24.1. The van der Waals surface area contributed by atoms with Crippen molar-refractivity contribution in [3.63, 3.8) is 0 Å². The molecule has 11 heteroatoms. The standard InChI is InChI=1S/C32H34N6O5/c1-41-10-9-37-19-30(39)35-28-17-38(31-23(14-33)12-22-6-2-3-8-27(22)36-31)18-29(28)42-20-21-5-4-7-25(11-21)43-26-13-24(32(37)40)15-34-16-26/h4-5,7,11-13,15-16,28-29H,2-3,6,8-10,17-20H2,1H3,(H,35,39)/t28-,29-/m0/s1. The summed E-state index contributed by atoms with van der Waals surface area (Å²) in [5, 5.41) is 13.1. The molecule has 1 saturated heterocycles. The van der Waals surface area contributed by atoms with Crippen molar-refractivity contribution in [2.24, 2.45) is 0 Å². The molecule has 3 aromatic rings. The molecule has 2 atom stereocenters. The van der Waals surface area contributed by atoms with Crippen molar-refractivity contribution in [2.45, 2.75) is 44.4 Å². The molecule has 11 nitrogen and oxygen atoms in total. The van der Waals surface area contributed by atoms with Crippen LogP contribution in [-0.4, -0.2) is 78.7 Å². The second-order valence-electron chi connectivity index (χ2n) is 11.1. The summed E-state index contributed by atoms with van der Waals surface area (Å²) in [4.78, 5) is 39.5. The molecule has 0 unspecified atom stereocenters. The lowest BCUT2D eigenvalue weighted by molar-refractivity contribution is -0.123. The number of amides is 2. The summed E-state index contributed by atoms with van der Waals surface area (Å²) in [5.41, 5.74) is 3.91. The number of hydrogen-bond donors (Lipinski definition) is 1. The van der Waals surface area contributed by atoms with E-state index < -0.39 is 6.04 Å². The van der Waals surface area contributed by atoms with Crippen LogP contribution in [0.5, 0.6) is 11.5 Å². The smallest absolute Gasteiger partial charge is 0.256 e. The van der Waals surface area contributed by atoms with Crippen LogP contribution in [0.25, 0.3) is 0 Å². The summed E-state index contributed by atoms with van der Waals surface area (Å²) in [6.45, 7) is 1.47. The van der Waals surface area contributed by atoms with Gasteiger partial charge < -0.3 is 29.3 Å². The highest BCUT2D eigenvalue weighted by Crippen LogP contribution is 2.30. The van der Waals surface area contributed by atoms with Gasteiger partial charge in [0.15, 0.2) is 0 Å². The molecule has 2 aromatic heterocycles. The number of hydrogen-bond acceptors (Lipinski definition) is 9. The molecular weight excluding hydrogens is 548 g/mol. The normalized spacial score (nSPS) is 20.5. The predicted molar refractivity (Wildman–Crippen MR) is 157 cm³/mol. The number of carbonyl (C=O) groups excluding carboxylic acids is 2. The number of nitriles is 1. The Morgan fingerprint density at radius 2 is 2.00 bits per heavy atom. The van der Waals surface area contributed by atoms with Gasteiger partial charge in [-0.05, 0) is 61.1 Å². The fraction of sp³-hybridized carbons (Fsp3) is 0.406. The van der Waals surface area contributed by atoms with Crippen LogP contribution in [0.2, 0.25) is 0 Å². The number of aromatic nitrogens is 2. The highest BCUT2D eigenvalue weighted by atomic mass is 16.5. The molecule has 1 fully saturated rings. The summed E-state index contributed by atoms with van der Waals surface area (Å²) in [6, 6.07) is 13.1. The summed E-state index contributed by atoms with van der Waals surface area (Å²) in [6.07, 6.45) is 6.63. The van der Waals surface area contributed by atoms with E-state index in [1.807, 2.05) is 35.2 Å². The number of benzene rings is 1. The van der Waals surface area contributed by atoms with Crippen molar-refractivity contribution in [1.82, 2.24) is 20.2 Å². The van der Waals surface area contributed by atoms with Crippen LogP contribution in [0, 0.1) is 11.3 Å². The molecule has 1 aliphatic carbocycles. The quantitative estimate of drug-likeness (QED) is 0.493. The summed E-state index contributed by atoms with van der Waals surface area (Å²) < 4.78 is 17.7. The number of rotatable bonds is 4. The van der Waals surface area contributed by atoms with E-state index in [1.54, 1.807) is 13.2 Å². The van der Waals surface area contributed by atoms with Crippen LogP contribution in [0.1, 0.15) is 45.6 Å². The van der Waals surface area contributed by atoms with Gasteiger partial charge >= 0.3 is 0 Å². The molecule has 0 radical (unpaired) electrons. The van der Waals surface area contributed by atoms with Gasteiger partial charge in [-0.3, -0.25) is 14.6 Å². The first-order chi connectivity index (χ1) is 21.0. The molecule has 6 rings (SSSR count). The molecule has 43 heavy (non-hydrogen) atoms. The molecule has 4 bridgehead atoms.